The second-order valence-electron chi connectivity index (χ2n) is 5.45. The van der Waals surface area contributed by atoms with Gasteiger partial charge in [-0.3, -0.25) is 0 Å². The molecule has 0 aliphatic heterocycles. The summed E-state index contributed by atoms with van der Waals surface area (Å²) in [6.07, 6.45) is 3.75. The van der Waals surface area contributed by atoms with Gasteiger partial charge in [-0.15, -0.1) is 10.9 Å². The zero-order valence-corrected chi connectivity index (χ0v) is 10.0. The molecule has 0 nitrogen and oxygen atoms in total. The molecule has 1 rings (SSSR count). The van der Waals surface area contributed by atoms with Gasteiger partial charge in [-0.2, -0.15) is 0 Å². The van der Waals surface area contributed by atoms with Gasteiger partial charge in [0.15, 0.2) is 0 Å². The molecular weight excluding hydrogens is 185 g/mol. The van der Waals surface area contributed by atoms with Crippen molar-refractivity contribution in [3.8, 4) is 0 Å². The van der Waals surface area contributed by atoms with E-state index in [-0.39, 0.29) is 11.8 Å². The van der Waals surface area contributed by atoms with Crippen molar-refractivity contribution in [3.63, 3.8) is 0 Å². The Kier molecular flexibility index (Phi) is 4.46. The maximum atomic E-state index is 5.99. The van der Waals surface area contributed by atoms with Crippen LogP contribution in [0.1, 0.15) is 32.6 Å². The molecule has 0 amide bonds. The van der Waals surface area contributed by atoms with E-state index in [1.54, 1.807) is 0 Å². The van der Waals surface area contributed by atoms with Gasteiger partial charge in [0.25, 0.3) is 0 Å². The molecule has 1 saturated carbocycles. The van der Waals surface area contributed by atoms with E-state index in [9.17, 15) is 0 Å². The Bertz CT molecular complexity index is 232. The van der Waals surface area contributed by atoms with Crippen molar-refractivity contribution in [3.05, 3.63) is 0 Å². The van der Waals surface area contributed by atoms with E-state index in [1.807, 2.05) is 6.92 Å². The van der Waals surface area contributed by atoms with Crippen LogP contribution >= 0.6 is 0 Å². The zero-order chi connectivity index (χ0) is 12.6. The molecule has 0 saturated heterocycles. The Morgan fingerprint density at radius 2 is 1.50 bits per heavy atom. The van der Waals surface area contributed by atoms with Gasteiger partial charge >= 0.3 is 0 Å². The minimum Gasteiger partial charge on any atom is -0.119 e. The van der Waals surface area contributed by atoms with Crippen LogP contribution in [0, 0.1) is 11.8 Å². The molecule has 0 heterocycles. The standard InChI is InChI=1S/C10H14B6/c1-9(13,14)6-3-2-4-7(5-6)10(15,16)8(11)12/h6-8H,2-5H2,1H3. The fourth-order valence-corrected chi connectivity index (χ4v) is 2.48. The van der Waals surface area contributed by atoms with Crippen LogP contribution in [0.3, 0.4) is 0 Å². The molecule has 16 heavy (non-hydrogen) atoms. The van der Waals surface area contributed by atoms with E-state index in [2.05, 4.69) is 0 Å². The summed E-state index contributed by atoms with van der Waals surface area (Å²) in [4.78, 5) is 0. The molecule has 1 fully saturated rings. The maximum absolute atomic E-state index is 5.99. The number of rotatable bonds is 3. The molecule has 2 unspecified atom stereocenters. The predicted molar refractivity (Wildman–Crippen MR) is 74.8 cm³/mol. The van der Waals surface area contributed by atoms with E-state index in [0.717, 1.165) is 25.7 Å². The average molecular weight is 199 g/mol. The molecule has 0 aromatic rings. The van der Waals surface area contributed by atoms with Gasteiger partial charge in [-0.1, -0.05) is 43.2 Å². The summed E-state index contributed by atoms with van der Waals surface area (Å²) in [6.45, 7) is 1.83. The zero-order valence-electron chi connectivity index (χ0n) is 10.0. The third-order valence-electron chi connectivity index (χ3n) is 3.84. The van der Waals surface area contributed by atoms with Crippen molar-refractivity contribution in [2.24, 2.45) is 11.8 Å². The van der Waals surface area contributed by atoms with Gasteiger partial charge in [0.2, 0.25) is 0 Å². The lowest BCUT2D eigenvalue weighted by Gasteiger charge is -2.47. The maximum Gasteiger partial charge on any atom is 0.0620 e. The van der Waals surface area contributed by atoms with Crippen LogP contribution in [0.15, 0.2) is 0 Å². The molecule has 72 valence electrons. The van der Waals surface area contributed by atoms with Crippen LogP contribution < -0.4 is 0 Å². The minimum atomic E-state index is -1.04. The molecular formula is C10H14B6. The summed E-state index contributed by atoms with van der Waals surface area (Å²) in [7, 11) is 35.1. The van der Waals surface area contributed by atoms with Crippen LogP contribution in [0.2, 0.25) is 16.1 Å². The van der Waals surface area contributed by atoms with Crippen molar-refractivity contribution in [2.75, 3.05) is 0 Å². The first-order chi connectivity index (χ1) is 7.15. The summed E-state index contributed by atoms with van der Waals surface area (Å²) < 4.78 is 0. The van der Waals surface area contributed by atoms with Crippen LogP contribution in [-0.2, 0) is 0 Å². The molecule has 6 heteroatoms. The van der Waals surface area contributed by atoms with Crippen molar-refractivity contribution < 1.29 is 0 Å². The van der Waals surface area contributed by atoms with Crippen molar-refractivity contribution in [1.82, 2.24) is 0 Å². The summed E-state index contributed by atoms with van der Waals surface area (Å²) in [6, 6.07) is 0. The Balaban J connectivity index is 2.71. The van der Waals surface area contributed by atoms with E-state index >= 15 is 0 Å². The van der Waals surface area contributed by atoms with Crippen LogP contribution in [0.5, 0.6) is 0 Å². The highest BCUT2D eigenvalue weighted by Gasteiger charge is 2.37. The van der Waals surface area contributed by atoms with Crippen molar-refractivity contribution in [2.45, 2.75) is 48.8 Å². The topological polar surface area (TPSA) is 0 Å². The lowest BCUT2D eigenvalue weighted by molar-refractivity contribution is 0.230. The Labute approximate surface area is 108 Å². The van der Waals surface area contributed by atoms with E-state index in [1.165, 1.54) is 0 Å². The molecule has 0 spiro atoms. The van der Waals surface area contributed by atoms with Crippen LogP contribution in [-0.4, -0.2) is 47.1 Å². The highest BCUT2D eigenvalue weighted by Crippen LogP contribution is 2.50. The highest BCUT2D eigenvalue weighted by atomic mass is 14.4. The first-order valence-electron chi connectivity index (χ1n) is 5.82. The quantitative estimate of drug-likeness (QED) is 0.590. The van der Waals surface area contributed by atoms with E-state index in [0.29, 0.717) is 0 Å². The first-order valence-corrected chi connectivity index (χ1v) is 5.82. The largest absolute Gasteiger partial charge is 0.119 e. The molecule has 1 aliphatic carbocycles. The van der Waals surface area contributed by atoms with Gasteiger partial charge < -0.3 is 0 Å². The minimum absolute atomic E-state index is 0.0812. The molecule has 2 atom stereocenters. The lowest BCUT2D eigenvalue weighted by atomic mass is 9.32. The van der Waals surface area contributed by atoms with Crippen LogP contribution in [0.4, 0.5) is 0 Å². The molecule has 1 aliphatic rings. The Morgan fingerprint density at radius 3 is 1.94 bits per heavy atom. The number of hydrogen-bond donors (Lipinski definition) is 0. The number of hydrogen-bond acceptors (Lipinski definition) is 0. The SMILES string of the molecule is [B]C([B])C([B])([B])C1CCCC(C([B])([B])C)C1. The van der Waals surface area contributed by atoms with E-state index in [4.69, 9.17) is 47.1 Å². The van der Waals surface area contributed by atoms with E-state index < -0.39 is 16.1 Å². The first kappa shape index (κ1) is 14.5. The average Bonchev–Trinajstić information content (AvgIpc) is 2.16. The smallest absolute Gasteiger partial charge is 0.0620 e. The summed E-state index contributed by atoms with van der Waals surface area (Å²) in [5.41, 5.74) is -0.724. The Morgan fingerprint density at radius 1 is 1.00 bits per heavy atom. The summed E-state index contributed by atoms with van der Waals surface area (Å²) in [5, 5.41) is -1.72. The second kappa shape index (κ2) is 4.94. The fraction of sp³-hybridized carbons (Fsp3) is 1.00. The van der Waals surface area contributed by atoms with Crippen LogP contribution in [0.25, 0.3) is 0 Å². The monoisotopic (exact) mass is 200 g/mol. The summed E-state index contributed by atoms with van der Waals surface area (Å²) in [5.74, 6) is 0.300. The third kappa shape index (κ3) is 3.20. The molecule has 12 radical (unpaired) electrons. The lowest BCUT2D eigenvalue weighted by Crippen LogP contribution is -2.36. The highest BCUT2D eigenvalue weighted by molar-refractivity contribution is 6.51. The fourth-order valence-electron chi connectivity index (χ4n) is 2.48. The second-order valence-corrected chi connectivity index (χ2v) is 5.45. The molecule has 0 aromatic heterocycles. The van der Waals surface area contributed by atoms with Gasteiger partial charge in [0, 0.05) is 0 Å². The van der Waals surface area contributed by atoms with Gasteiger partial charge in [-0.25, -0.2) is 0 Å². The van der Waals surface area contributed by atoms with Gasteiger partial charge in [-0.05, 0) is 6.42 Å². The third-order valence-corrected chi connectivity index (χ3v) is 3.84. The molecule has 0 N–H and O–H groups in total. The van der Waals surface area contributed by atoms with Crippen molar-refractivity contribution >= 4 is 47.1 Å². The van der Waals surface area contributed by atoms with Gasteiger partial charge in [0.1, 0.15) is 0 Å². The van der Waals surface area contributed by atoms with Crippen molar-refractivity contribution in [1.29, 1.82) is 0 Å². The normalized spacial score (nSPS) is 28.1. The molecule has 0 aromatic carbocycles. The molecule has 0 bridgehead atoms. The van der Waals surface area contributed by atoms with Gasteiger partial charge in [0.05, 0.1) is 47.1 Å². The predicted octanol–water partition coefficient (Wildman–Crippen LogP) is 0.802. The summed E-state index contributed by atoms with van der Waals surface area (Å²) >= 11 is 0. The Hall–Kier alpha value is 0.390.